The molecule has 0 bridgehead atoms. The predicted molar refractivity (Wildman–Crippen MR) is 132 cm³/mol. The maximum atomic E-state index is 13.7. The number of nitrogens with zero attached hydrogens (tertiary/aromatic N) is 6. The highest BCUT2D eigenvalue weighted by Crippen LogP contribution is 2.30. The molecular weight excluding hydrogens is 485 g/mol. The Hall–Kier alpha value is -4.43. The lowest BCUT2D eigenvalue weighted by Gasteiger charge is -2.21. The summed E-state index contributed by atoms with van der Waals surface area (Å²) < 4.78 is 43.8. The Kier molecular flexibility index (Phi) is 6.87. The molecule has 11 heteroatoms. The third-order valence-corrected chi connectivity index (χ3v) is 5.80. The van der Waals surface area contributed by atoms with E-state index in [1.165, 1.54) is 29.2 Å². The van der Waals surface area contributed by atoms with Gasteiger partial charge >= 0.3 is 11.9 Å². The van der Waals surface area contributed by atoms with Gasteiger partial charge in [-0.05, 0) is 69.6 Å². The summed E-state index contributed by atoms with van der Waals surface area (Å²) in [6.07, 6.45) is -1.89. The van der Waals surface area contributed by atoms with E-state index in [0.717, 1.165) is 21.3 Å². The summed E-state index contributed by atoms with van der Waals surface area (Å²) in [7, 11) is 3.58. The van der Waals surface area contributed by atoms with Crippen molar-refractivity contribution in [3.05, 3.63) is 99.0 Å². The fourth-order valence-electron chi connectivity index (χ4n) is 4.15. The predicted octanol–water partition coefficient (Wildman–Crippen LogP) is 3.86. The van der Waals surface area contributed by atoms with Crippen LogP contribution in [0.15, 0.2) is 76.6 Å². The van der Waals surface area contributed by atoms with Crippen molar-refractivity contribution in [3.8, 4) is 28.7 Å². The lowest BCUT2D eigenvalue weighted by Crippen LogP contribution is -2.44. The largest absolute Gasteiger partial charge is 0.416 e. The van der Waals surface area contributed by atoms with Gasteiger partial charge in [0.25, 0.3) is 5.56 Å². The monoisotopic (exact) mass is 508 g/mol. The third kappa shape index (κ3) is 5.10. The summed E-state index contributed by atoms with van der Waals surface area (Å²) in [6, 6.07) is 13.9. The zero-order chi connectivity index (χ0) is 26.9. The second kappa shape index (κ2) is 9.91. The van der Waals surface area contributed by atoms with Gasteiger partial charge in [-0.1, -0.05) is 6.07 Å². The molecule has 0 N–H and O–H groups in total. The Bertz CT molecular complexity index is 1590. The first kappa shape index (κ1) is 25.7. The van der Waals surface area contributed by atoms with E-state index in [4.69, 9.17) is 5.26 Å². The van der Waals surface area contributed by atoms with E-state index in [2.05, 4.69) is 5.10 Å². The molecule has 2 aromatic heterocycles. The van der Waals surface area contributed by atoms with Crippen LogP contribution in [0.1, 0.15) is 24.1 Å². The maximum absolute atomic E-state index is 13.7. The number of rotatable bonds is 6. The van der Waals surface area contributed by atoms with Crippen LogP contribution < -0.4 is 11.2 Å². The number of likely N-dealkylation sites (N-methyl/N-ethyl adjacent to an activating group) is 1. The van der Waals surface area contributed by atoms with Crippen molar-refractivity contribution in [3.63, 3.8) is 0 Å². The molecule has 2 aromatic carbocycles. The number of aromatic nitrogens is 4. The lowest BCUT2D eigenvalue weighted by molar-refractivity contribution is -0.137. The van der Waals surface area contributed by atoms with Crippen LogP contribution in [0.3, 0.4) is 0 Å². The summed E-state index contributed by atoms with van der Waals surface area (Å²) in [4.78, 5) is 29.0. The second-order valence-electron chi connectivity index (χ2n) is 8.82. The molecule has 0 saturated carbocycles. The summed E-state index contributed by atoms with van der Waals surface area (Å²) in [5.41, 5.74) is -0.898. The van der Waals surface area contributed by atoms with Crippen molar-refractivity contribution in [2.24, 2.45) is 0 Å². The van der Waals surface area contributed by atoms with Crippen molar-refractivity contribution < 1.29 is 13.2 Å². The average molecular weight is 509 g/mol. The number of halogens is 3. The van der Waals surface area contributed by atoms with Gasteiger partial charge in [0, 0.05) is 12.7 Å². The summed E-state index contributed by atoms with van der Waals surface area (Å²) in [6.45, 7) is 2.04. The Morgan fingerprint density at radius 1 is 1.05 bits per heavy atom. The number of hydrogen-bond donors (Lipinski definition) is 0. The molecule has 4 aromatic rings. The fraction of sp³-hybridized carbons (Fsp3) is 0.231. The molecule has 1 unspecified atom stereocenters. The molecule has 0 spiro atoms. The second-order valence-corrected chi connectivity index (χ2v) is 8.82. The van der Waals surface area contributed by atoms with Crippen molar-refractivity contribution in [1.29, 1.82) is 5.26 Å². The van der Waals surface area contributed by atoms with Gasteiger partial charge in [0.2, 0.25) is 0 Å². The third-order valence-electron chi connectivity index (χ3n) is 5.80. The van der Waals surface area contributed by atoms with E-state index in [-0.39, 0.29) is 11.3 Å². The average Bonchev–Trinajstić information content (AvgIpc) is 3.33. The minimum absolute atomic E-state index is 0.0312. The van der Waals surface area contributed by atoms with Crippen LogP contribution in [0.5, 0.6) is 0 Å². The van der Waals surface area contributed by atoms with Crippen LogP contribution in [-0.4, -0.2) is 44.5 Å². The Morgan fingerprint density at radius 2 is 1.76 bits per heavy atom. The summed E-state index contributed by atoms with van der Waals surface area (Å²) in [5.74, 6) is 0. The van der Waals surface area contributed by atoms with Crippen LogP contribution in [0.25, 0.3) is 22.6 Å². The SMILES string of the molecule is CC(CN(C)C)n1c(=O)c(-c2ccnn2-c2ccc(C#N)cc2)cn(-c2cccc(C(F)(F)F)c2)c1=O. The number of alkyl halides is 3. The van der Waals surface area contributed by atoms with Crippen LogP contribution in [0.4, 0.5) is 13.2 Å². The van der Waals surface area contributed by atoms with E-state index in [1.54, 1.807) is 56.3 Å². The quantitative estimate of drug-likeness (QED) is 0.395. The van der Waals surface area contributed by atoms with E-state index >= 15 is 0 Å². The molecular formula is C26H23F3N6O2. The highest BCUT2D eigenvalue weighted by atomic mass is 19.4. The Morgan fingerprint density at radius 3 is 2.38 bits per heavy atom. The Labute approximate surface area is 210 Å². The highest BCUT2D eigenvalue weighted by Gasteiger charge is 2.31. The molecule has 0 saturated heterocycles. The first-order chi connectivity index (χ1) is 17.5. The molecule has 2 heterocycles. The van der Waals surface area contributed by atoms with Crippen LogP contribution in [0.2, 0.25) is 0 Å². The normalized spacial score (nSPS) is 12.5. The zero-order valence-electron chi connectivity index (χ0n) is 20.3. The van der Waals surface area contributed by atoms with E-state index < -0.39 is 29.0 Å². The minimum Gasteiger partial charge on any atom is -0.307 e. The molecule has 0 aliphatic heterocycles. The number of hydrogen-bond acceptors (Lipinski definition) is 5. The van der Waals surface area contributed by atoms with Gasteiger partial charge in [-0.25, -0.2) is 9.48 Å². The van der Waals surface area contributed by atoms with Gasteiger partial charge in [0.1, 0.15) is 0 Å². The molecule has 8 nitrogen and oxygen atoms in total. The van der Waals surface area contributed by atoms with Gasteiger partial charge in [-0.3, -0.25) is 13.9 Å². The van der Waals surface area contributed by atoms with E-state index in [9.17, 15) is 22.8 Å². The standard InChI is InChI=1S/C26H23F3N6O2/c1-17(15-32(2)3)34-24(36)22(23-11-12-31-35(23)20-9-7-18(14-30)8-10-20)16-33(25(34)37)21-6-4-5-19(13-21)26(27,28)29/h4-13,16-17H,15H2,1-3H3. The molecule has 0 radical (unpaired) electrons. The fourth-order valence-corrected chi connectivity index (χ4v) is 4.15. The first-order valence-electron chi connectivity index (χ1n) is 11.3. The van der Waals surface area contributed by atoms with Crippen molar-refractivity contribution in [1.82, 2.24) is 23.8 Å². The van der Waals surface area contributed by atoms with E-state index in [0.29, 0.717) is 23.5 Å². The van der Waals surface area contributed by atoms with Crippen LogP contribution in [0, 0.1) is 11.3 Å². The van der Waals surface area contributed by atoms with Crippen molar-refractivity contribution in [2.75, 3.05) is 20.6 Å². The van der Waals surface area contributed by atoms with Gasteiger partial charge in [0.15, 0.2) is 0 Å². The van der Waals surface area contributed by atoms with Crippen molar-refractivity contribution >= 4 is 0 Å². The first-order valence-corrected chi connectivity index (χ1v) is 11.3. The van der Waals surface area contributed by atoms with Gasteiger partial charge < -0.3 is 4.90 Å². The van der Waals surface area contributed by atoms with E-state index in [1.807, 2.05) is 6.07 Å². The molecule has 37 heavy (non-hydrogen) atoms. The molecule has 4 rings (SSSR count). The van der Waals surface area contributed by atoms with Gasteiger partial charge in [-0.2, -0.15) is 23.5 Å². The summed E-state index contributed by atoms with van der Waals surface area (Å²) >= 11 is 0. The van der Waals surface area contributed by atoms with Crippen molar-refractivity contribution in [2.45, 2.75) is 19.1 Å². The Balaban J connectivity index is 1.99. The highest BCUT2D eigenvalue weighted by molar-refractivity contribution is 5.61. The molecule has 190 valence electrons. The van der Waals surface area contributed by atoms with Crippen LogP contribution in [-0.2, 0) is 6.18 Å². The zero-order valence-corrected chi connectivity index (χ0v) is 20.3. The topological polar surface area (TPSA) is 88.8 Å². The number of benzene rings is 2. The smallest absolute Gasteiger partial charge is 0.307 e. The van der Waals surface area contributed by atoms with Gasteiger partial charge in [0.05, 0.1) is 52.1 Å². The van der Waals surface area contributed by atoms with Crippen LogP contribution >= 0.6 is 0 Å². The summed E-state index contributed by atoms with van der Waals surface area (Å²) in [5, 5.41) is 13.4. The lowest BCUT2D eigenvalue weighted by atomic mass is 10.1. The molecule has 0 aliphatic rings. The number of nitriles is 1. The molecule has 1 atom stereocenters. The minimum atomic E-state index is -4.61. The van der Waals surface area contributed by atoms with Gasteiger partial charge in [-0.15, -0.1) is 0 Å². The maximum Gasteiger partial charge on any atom is 0.416 e. The molecule has 0 aliphatic carbocycles. The molecule has 0 fully saturated rings. The molecule has 0 amide bonds.